The Bertz CT molecular complexity index is 552. The van der Waals surface area contributed by atoms with Crippen LogP contribution in [0.4, 0.5) is 9.59 Å². The van der Waals surface area contributed by atoms with E-state index in [-0.39, 0.29) is 12.2 Å². The van der Waals surface area contributed by atoms with Crippen LogP contribution in [-0.4, -0.2) is 65.2 Å². The quantitative estimate of drug-likeness (QED) is 0.658. The van der Waals surface area contributed by atoms with E-state index in [0.29, 0.717) is 56.6 Å². The van der Waals surface area contributed by atoms with E-state index in [4.69, 9.17) is 9.47 Å². The number of rotatable bonds is 4. The van der Waals surface area contributed by atoms with Gasteiger partial charge < -0.3 is 19.3 Å². The Hall–Kier alpha value is -1.79. The Morgan fingerprint density at radius 2 is 0.967 bits per heavy atom. The molecule has 0 aromatic carbocycles. The molecule has 2 aliphatic heterocycles. The van der Waals surface area contributed by atoms with E-state index < -0.39 is 11.2 Å². The van der Waals surface area contributed by atoms with Crippen LogP contribution in [0.25, 0.3) is 0 Å². The molecule has 7 nitrogen and oxygen atoms in total. The van der Waals surface area contributed by atoms with Gasteiger partial charge in [-0.15, -0.1) is 0 Å². The van der Waals surface area contributed by atoms with Gasteiger partial charge in [0.1, 0.15) is 17.0 Å². The largest absolute Gasteiger partial charge is 0.444 e. The maximum Gasteiger partial charge on any atom is 0.410 e. The molecule has 0 aliphatic carbocycles. The molecule has 2 rings (SSSR count). The number of amides is 2. The molecule has 0 N–H and O–H groups in total. The van der Waals surface area contributed by atoms with E-state index >= 15 is 0 Å². The minimum Gasteiger partial charge on any atom is -0.444 e. The van der Waals surface area contributed by atoms with Crippen LogP contribution in [0.2, 0.25) is 0 Å². The number of piperidine rings is 2. The summed E-state index contributed by atoms with van der Waals surface area (Å²) in [6, 6.07) is 0. The van der Waals surface area contributed by atoms with Gasteiger partial charge in [0, 0.05) is 39.0 Å². The zero-order valence-electron chi connectivity index (χ0n) is 19.7. The molecule has 0 aromatic heterocycles. The maximum atomic E-state index is 12.6. The van der Waals surface area contributed by atoms with Crippen LogP contribution in [0.5, 0.6) is 0 Å². The Morgan fingerprint density at radius 3 is 1.23 bits per heavy atom. The minimum atomic E-state index is -0.483. The lowest BCUT2D eigenvalue weighted by atomic mass is 9.86. The summed E-state index contributed by atoms with van der Waals surface area (Å²) in [7, 11) is 0. The first-order valence-corrected chi connectivity index (χ1v) is 11.3. The van der Waals surface area contributed by atoms with Crippen molar-refractivity contribution in [1.82, 2.24) is 9.80 Å². The molecule has 2 fully saturated rings. The van der Waals surface area contributed by atoms with Crippen molar-refractivity contribution >= 4 is 18.0 Å². The van der Waals surface area contributed by atoms with Crippen molar-refractivity contribution in [2.45, 2.75) is 91.3 Å². The lowest BCUT2D eigenvalue weighted by Gasteiger charge is -2.34. The van der Waals surface area contributed by atoms with Gasteiger partial charge in [-0.05, 0) is 79.1 Å². The Labute approximate surface area is 181 Å². The topological polar surface area (TPSA) is 76.2 Å². The highest BCUT2D eigenvalue weighted by Crippen LogP contribution is 2.27. The van der Waals surface area contributed by atoms with Gasteiger partial charge in [-0.1, -0.05) is 0 Å². The third kappa shape index (κ3) is 8.52. The molecule has 2 amide bonds. The summed E-state index contributed by atoms with van der Waals surface area (Å²) in [6.45, 7) is 13.8. The highest BCUT2D eigenvalue weighted by Gasteiger charge is 2.30. The first kappa shape index (κ1) is 24.5. The molecule has 7 heteroatoms. The third-order valence-electron chi connectivity index (χ3n) is 5.57. The van der Waals surface area contributed by atoms with Crippen LogP contribution in [0.1, 0.15) is 80.1 Å². The molecule has 0 atom stereocenters. The molecule has 0 unspecified atom stereocenters. The normalized spacial score (nSPS) is 19.5. The van der Waals surface area contributed by atoms with Gasteiger partial charge >= 0.3 is 12.2 Å². The molecule has 0 aromatic rings. The fourth-order valence-corrected chi connectivity index (χ4v) is 4.02. The SMILES string of the molecule is CC(C)(C)OC(=O)N1CCC(CC(=O)CC2CCN(C(=O)OC(C)(C)C)CC2)CC1. The van der Waals surface area contributed by atoms with Crippen LogP contribution in [0, 0.1) is 11.8 Å². The van der Waals surface area contributed by atoms with E-state index in [1.807, 2.05) is 41.5 Å². The van der Waals surface area contributed by atoms with Crippen molar-refractivity contribution < 1.29 is 23.9 Å². The monoisotopic (exact) mass is 424 g/mol. The van der Waals surface area contributed by atoms with Gasteiger partial charge in [-0.25, -0.2) is 9.59 Å². The number of ether oxygens (including phenoxy) is 2. The molecule has 0 spiro atoms. The van der Waals surface area contributed by atoms with Crippen LogP contribution in [0.15, 0.2) is 0 Å². The number of nitrogens with zero attached hydrogens (tertiary/aromatic N) is 2. The summed E-state index contributed by atoms with van der Waals surface area (Å²) in [5, 5.41) is 0. The van der Waals surface area contributed by atoms with Gasteiger partial charge in [0.2, 0.25) is 0 Å². The first-order valence-electron chi connectivity index (χ1n) is 11.3. The highest BCUT2D eigenvalue weighted by atomic mass is 16.6. The lowest BCUT2D eigenvalue weighted by molar-refractivity contribution is -0.121. The van der Waals surface area contributed by atoms with Crippen LogP contribution < -0.4 is 0 Å². The predicted molar refractivity (Wildman–Crippen MR) is 115 cm³/mol. The molecular weight excluding hydrogens is 384 g/mol. The number of carbonyl (C=O) groups excluding carboxylic acids is 3. The van der Waals surface area contributed by atoms with Crippen LogP contribution >= 0.6 is 0 Å². The fraction of sp³-hybridized carbons (Fsp3) is 0.870. The molecule has 172 valence electrons. The number of carbonyl (C=O) groups is 3. The first-order chi connectivity index (χ1) is 13.8. The third-order valence-corrected chi connectivity index (χ3v) is 5.57. The number of Topliss-reactive ketones (excluding diaryl/α,β-unsaturated/α-hetero) is 1. The highest BCUT2D eigenvalue weighted by molar-refractivity contribution is 5.79. The van der Waals surface area contributed by atoms with E-state index in [1.54, 1.807) is 9.80 Å². The van der Waals surface area contributed by atoms with Gasteiger partial charge in [-0.3, -0.25) is 4.79 Å². The number of likely N-dealkylation sites (tertiary alicyclic amines) is 2. The number of hydrogen-bond donors (Lipinski definition) is 0. The molecule has 2 saturated heterocycles. The molecule has 0 bridgehead atoms. The fourth-order valence-electron chi connectivity index (χ4n) is 4.02. The van der Waals surface area contributed by atoms with Gasteiger partial charge in [0.25, 0.3) is 0 Å². The summed E-state index contributed by atoms with van der Waals surface area (Å²) in [4.78, 5) is 40.4. The molecular formula is C23H40N2O5. The van der Waals surface area contributed by atoms with Gasteiger partial charge in [0.15, 0.2) is 0 Å². The maximum absolute atomic E-state index is 12.6. The van der Waals surface area contributed by atoms with Gasteiger partial charge in [0.05, 0.1) is 0 Å². The summed E-state index contributed by atoms with van der Waals surface area (Å²) in [6.07, 6.45) is 4.06. The van der Waals surface area contributed by atoms with Crippen molar-refractivity contribution in [3.8, 4) is 0 Å². The van der Waals surface area contributed by atoms with Gasteiger partial charge in [-0.2, -0.15) is 0 Å². The summed E-state index contributed by atoms with van der Waals surface area (Å²) >= 11 is 0. The van der Waals surface area contributed by atoms with Crippen molar-refractivity contribution in [3.05, 3.63) is 0 Å². The minimum absolute atomic E-state index is 0.260. The second kappa shape index (κ2) is 10.0. The standard InChI is InChI=1S/C23H40N2O5/c1-22(2,3)29-20(27)24-11-7-17(8-12-24)15-19(26)16-18-9-13-25(14-10-18)21(28)30-23(4,5)6/h17-18H,7-16H2,1-6H3. The smallest absolute Gasteiger partial charge is 0.410 e. The van der Waals surface area contributed by atoms with E-state index in [2.05, 4.69) is 0 Å². The molecule has 30 heavy (non-hydrogen) atoms. The molecule has 0 saturated carbocycles. The van der Waals surface area contributed by atoms with Crippen LogP contribution in [0.3, 0.4) is 0 Å². The van der Waals surface area contributed by atoms with E-state index in [1.165, 1.54) is 0 Å². The second-order valence-electron chi connectivity index (χ2n) is 10.8. The Balaban J connectivity index is 1.66. The summed E-state index contributed by atoms with van der Waals surface area (Å²) in [5.41, 5.74) is -0.966. The number of hydrogen-bond acceptors (Lipinski definition) is 5. The van der Waals surface area contributed by atoms with E-state index in [0.717, 1.165) is 25.7 Å². The Morgan fingerprint density at radius 1 is 0.667 bits per heavy atom. The molecule has 2 aliphatic rings. The average Bonchev–Trinajstić information content (AvgIpc) is 2.60. The predicted octanol–water partition coefficient (Wildman–Crippen LogP) is 4.63. The zero-order valence-corrected chi connectivity index (χ0v) is 19.7. The van der Waals surface area contributed by atoms with Crippen molar-refractivity contribution in [2.75, 3.05) is 26.2 Å². The zero-order chi connectivity index (χ0) is 22.5. The van der Waals surface area contributed by atoms with Crippen LogP contribution in [-0.2, 0) is 14.3 Å². The molecule has 2 heterocycles. The number of ketones is 1. The van der Waals surface area contributed by atoms with E-state index in [9.17, 15) is 14.4 Å². The Kier molecular flexibility index (Phi) is 8.17. The summed E-state index contributed by atoms with van der Waals surface area (Å²) in [5.74, 6) is 0.998. The van der Waals surface area contributed by atoms with Crippen molar-refractivity contribution in [3.63, 3.8) is 0 Å². The van der Waals surface area contributed by atoms with Crippen molar-refractivity contribution in [1.29, 1.82) is 0 Å². The lowest BCUT2D eigenvalue weighted by Crippen LogP contribution is -2.42. The summed E-state index contributed by atoms with van der Waals surface area (Å²) < 4.78 is 10.9. The second-order valence-corrected chi connectivity index (χ2v) is 10.8. The van der Waals surface area contributed by atoms with Crippen molar-refractivity contribution in [2.24, 2.45) is 11.8 Å². The molecule has 0 radical (unpaired) electrons. The average molecular weight is 425 g/mol.